The Hall–Kier alpha value is -2.14. The van der Waals surface area contributed by atoms with E-state index in [1.54, 1.807) is 0 Å². The number of epoxide rings is 1. The standard InChI is InChI=1S/C16H15N3O2/c1-9-5-10(13-8-21-13)14-11(6-9)16(20)18-3-2-4-19-15(18)12(14)7-17-19/h5-7,13H,2-4,8H2,1H3. The van der Waals surface area contributed by atoms with E-state index >= 15 is 0 Å². The highest BCUT2D eigenvalue weighted by Gasteiger charge is 2.30. The summed E-state index contributed by atoms with van der Waals surface area (Å²) in [5, 5.41) is 7.39. The molecule has 3 aromatic rings. The summed E-state index contributed by atoms with van der Waals surface area (Å²) in [6.45, 7) is 4.45. The minimum atomic E-state index is 0.101. The van der Waals surface area contributed by atoms with E-state index in [-0.39, 0.29) is 11.7 Å². The van der Waals surface area contributed by atoms with Gasteiger partial charge in [0.05, 0.1) is 12.8 Å². The summed E-state index contributed by atoms with van der Waals surface area (Å²) in [6, 6.07) is 4.14. The zero-order valence-corrected chi connectivity index (χ0v) is 11.8. The fourth-order valence-corrected chi connectivity index (χ4v) is 3.60. The van der Waals surface area contributed by atoms with E-state index in [4.69, 9.17) is 4.74 Å². The van der Waals surface area contributed by atoms with Gasteiger partial charge in [-0.3, -0.25) is 9.36 Å². The van der Waals surface area contributed by atoms with E-state index in [1.165, 1.54) is 0 Å². The predicted molar refractivity (Wildman–Crippen MR) is 79.5 cm³/mol. The second-order valence-corrected chi connectivity index (χ2v) is 6.01. The zero-order chi connectivity index (χ0) is 14.1. The van der Waals surface area contributed by atoms with Gasteiger partial charge in [-0.2, -0.15) is 5.10 Å². The summed E-state index contributed by atoms with van der Waals surface area (Å²) in [4.78, 5) is 12.9. The third kappa shape index (κ3) is 1.44. The van der Waals surface area contributed by atoms with Gasteiger partial charge < -0.3 is 4.74 Å². The molecule has 21 heavy (non-hydrogen) atoms. The van der Waals surface area contributed by atoms with Crippen molar-refractivity contribution in [1.82, 2.24) is 14.3 Å². The number of aryl methyl sites for hydroxylation is 3. The molecule has 0 saturated carbocycles. The van der Waals surface area contributed by atoms with Crippen LogP contribution >= 0.6 is 0 Å². The Labute approximate surface area is 120 Å². The molecule has 0 amide bonds. The molecular weight excluding hydrogens is 266 g/mol. The van der Waals surface area contributed by atoms with Crippen molar-refractivity contribution in [2.45, 2.75) is 32.5 Å². The van der Waals surface area contributed by atoms with Gasteiger partial charge in [0.25, 0.3) is 5.56 Å². The van der Waals surface area contributed by atoms with Crippen molar-refractivity contribution >= 4 is 21.8 Å². The largest absolute Gasteiger partial charge is 0.368 e. The van der Waals surface area contributed by atoms with E-state index in [9.17, 15) is 4.79 Å². The summed E-state index contributed by atoms with van der Waals surface area (Å²) >= 11 is 0. The van der Waals surface area contributed by atoms with Crippen molar-refractivity contribution in [3.8, 4) is 0 Å². The van der Waals surface area contributed by atoms with Crippen LogP contribution < -0.4 is 5.56 Å². The Morgan fingerprint density at radius 1 is 1.29 bits per heavy atom. The van der Waals surface area contributed by atoms with Crippen LogP contribution in [0.2, 0.25) is 0 Å². The molecule has 0 spiro atoms. The van der Waals surface area contributed by atoms with Gasteiger partial charge in [0.1, 0.15) is 11.8 Å². The number of hydrogen-bond acceptors (Lipinski definition) is 3. The van der Waals surface area contributed by atoms with E-state index in [0.29, 0.717) is 0 Å². The first-order valence-electron chi connectivity index (χ1n) is 7.38. The Bertz CT molecular complexity index is 963. The molecule has 0 aliphatic carbocycles. The molecule has 5 nitrogen and oxygen atoms in total. The minimum Gasteiger partial charge on any atom is -0.368 e. The first-order chi connectivity index (χ1) is 10.2. The number of nitrogens with zero attached hydrogens (tertiary/aromatic N) is 3. The van der Waals surface area contributed by atoms with Crippen molar-refractivity contribution in [3.05, 3.63) is 39.8 Å². The van der Waals surface area contributed by atoms with Gasteiger partial charge in [-0.1, -0.05) is 6.07 Å². The molecule has 106 valence electrons. The van der Waals surface area contributed by atoms with Gasteiger partial charge in [0.2, 0.25) is 0 Å². The first kappa shape index (κ1) is 11.5. The number of hydrogen-bond donors (Lipinski definition) is 0. The lowest BCUT2D eigenvalue weighted by Crippen LogP contribution is -2.27. The van der Waals surface area contributed by atoms with Crippen LogP contribution in [0.4, 0.5) is 0 Å². The minimum absolute atomic E-state index is 0.101. The van der Waals surface area contributed by atoms with Crippen LogP contribution in [0.25, 0.3) is 21.8 Å². The average molecular weight is 281 g/mol. The van der Waals surface area contributed by atoms with Crippen molar-refractivity contribution in [3.63, 3.8) is 0 Å². The Balaban J connectivity index is 2.07. The number of fused-ring (bicyclic) bond motifs is 2. The van der Waals surface area contributed by atoms with Crippen LogP contribution in [-0.4, -0.2) is 21.0 Å². The molecule has 5 rings (SSSR count). The molecule has 0 radical (unpaired) electrons. The molecule has 0 N–H and O–H groups in total. The van der Waals surface area contributed by atoms with Crippen molar-refractivity contribution in [2.24, 2.45) is 0 Å². The molecule has 1 atom stereocenters. The molecule has 1 unspecified atom stereocenters. The monoisotopic (exact) mass is 281 g/mol. The molecule has 5 heteroatoms. The van der Waals surface area contributed by atoms with Gasteiger partial charge in [-0.05, 0) is 30.5 Å². The van der Waals surface area contributed by atoms with Crippen LogP contribution in [0, 0.1) is 6.92 Å². The lowest BCUT2D eigenvalue weighted by Gasteiger charge is -2.18. The number of rotatable bonds is 1. The Morgan fingerprint density at radius 2 is 2.14 bits per heavy atom. The van der Waals surface area contributed by atoms with Crippen molar-refractivity contribution < 1.29 is 4.74 Å². The maximum Gasteiger partial charge on any atom is 0.260 e. The molecule has 2 aromatic heterocycles. The molecule has 1 fully saturated rings. The van der Waals surface area contributed by atoms with Crippen LogP contribution in [0.1, 0.15) is 23.7 Å². The second-order valence-electron chi connectivity index (χ2n) is 6.01. The van der Waals surface area contributed by atoms with E-state index in [1.807, 2.05) is 28.4 Å². The molecule has 0 bridgehead atoms. The smallest absolute Gasteiger partial charge is 0.260 e. The maximum absolute atomic E-state index is 12.9. The summed E-state index contributed by atoms with van der Waals surface area (Å²) < 4.78 is 9.32. The summed E-state index contributed by atoms with van der Waals surface area (Å²) in [6.07, 6.45) is 3.00. The fraction of sp³-hybridized carbons (Fsp3) is 0.375. The third-order valence-electron chi connectivity index (χ3n) is 4.56. The molecule has 2 aliphatic rings. The molecule has 4 heterocycles. The molecule has 2 aliphatic heterocycles. The predicted octanol–water partition coefficient (Wildman–Crippen LogP) is 2.13. The number of ether oxygens (including phenoxy) is 1. The van der Waals surface area contributed by atoms with E-state index in [2.05, 4.69) is 11.2 Å². The van der Waals surface area contributed by atoms with Crippen LogP contribution in [0.15, 0.2) is 23.1 Å². The topological polar surface area (TPSA) is 52.4 Å². The van der Waals surface area contributed by atoms with Crippen LogP contribution in [-0.2, 0) is 17.8 Å². The third-order valence-corrected chi connectivity index (χ3v) is 4.56. The highest BCUT2D eigenvalue weighted by molar-refractivity contribution is 6.07. The highest BCUT2D eigenvalue weighted by atomic mass is 16.6. The molecular formula is C16H15N3O2. The highest BCUT2D eigenvalue weighted by Crippen LogP contribution is 2.38. The number of pyridine rings is 1. The normalized spacial score (nSPS) is 20.3. The van der Waals surface area contributed by atoms with Crippen molar-refractivity contribution in [1.29, 1.82) is 0 Å². The zero-order valence-electron chi connectivity index (χ0n) is 11.8. The number of aromatic nitrogens is 3. The summed E-state index contributed by atoms with van der Waals surface area (Å²) in [7, 11) is 0. The Kier molecular flexibility index (Phi) is 2.05. The first-order valence-corrected chi connectivity index (χ1v) is 7.38. The summed E-state index contributed by atoms with van der Waals surface area (Å²) in [5.41, 5.74) is 3.31. The number of benzene rings is 1. The second kappa shape index (κ2) is 3.74. The summed E-state index contributed by atoms with van der Waals surface area (Å²) in [5.74, 6) is 0. The van der Waals surface area contributed by atoms with Gasteiger partial charge in [0.15, 0.2) is 0 Å². The maximum atomic E-state index is 12.9. The van der Waals surface area contributed by atoms with Gasteiger partial charge >= 0.3 is 0 Å². The van der Waals surface area contributed by atoms with E-state index in [0.717, 1.165) is 59.0 Å². The van der Waals surface area contributed by atoms with E-state index < -0.39 is 0 Å². The lowest BCUT2D eigenvalue weighted by molar-refractivity contribution is 0.417. The fourth-order valence-electron chi connectivity index (χ4n) is 3.60. The van der Waals surface area contributed by atoms with Crippen LogP contribution in [0.5, 0.6) is 0 Å². The van der Waals surface area contributed by atoms with Gasteiger partial charge in [0, 0.05) is 29.2 Å². The van der Waals surface area contributed by atoms with Gasteiger partial charge in [-0.25, -0.2) is 4.68 Å². The average Bonchev–Trinajstić information content (AvgIpc) is 3.24. The SMILES string of the molecule is Cc1cc(C2CO2)c2c(c1)c(=O)n1c3c2cnn3CCC1. The lowest BCUT2D eigenvalue weighted by atomic mass is 9.98. The Morgan fingerprint density at radius 3 is 2.95 bits per heavy atom. The molecule has 1 saturated heterocycles. The molecule has 1 aromatic carbocycles. The quantitative estimate of drug-likeness (QED) is 0.642. The van der Waals surface area contributed by atoms with Crippen LogP contribution in [0.3, 0.4) is 0 Å². The van der Waals surface area contributed by atoms with Gasteiger partial charge in [-0.15, -0.1) is 0 Å². The van der Waals surface area contributed by atoms with Crippen molar-refractivity contribution in [2.75, 3.05) is 6.61 Å².